The van der Waals surface area contributed by atoms with Crippen LogP contribution in [0.1, 0.15) is 36.8 Å². The second-order valence-electron chi connectivity index (χ2n) is 7.47. The Kier molecular flexibility index (Phi) is 8.50. The fourth-order valence-corrected chi connectivity index (χ4v) is 3.84. The molecule has 1 amide bonds. The van der Waals surface area contributed by atoms with Crippen molar-refractivity contribution in [1.29, 1.82) is 0 Å². The predicted molar refractivity (Wildman–Crippen MR) is 118 cm³/mol. The van der Waals surface area contributed by atoms with Crippen LogP contribution in [0.4, 0.5) is 0 Å². The van der Waals surface area contributed by atoms with E-state index in [4.69, 9.17) is 14.2 Å². The highest BCUT2D eigenvalue weighted by atomic mass is 16.7. The first kappa shape index (κ1) is 22.8. The van der Waals surface area contributed by atoms with Crippen LogP contribution in [0.3, 0.4) is 0 Å². The third kappa shape index (κ3) is 6.09. The Balaban J connectivity index is 1.86. The van der Waals surface area contributed by atoms with Gasteiger partial charge in [0.1, 0.15) is 5.75 Å². The maximum absolute atomic E-state index is 12.9. The van der Waals surface area contributed by atoms with E-state index in [0.29, 0.717) is 26.0 Å². The van der Waals surface area contributed by atoms with Crippen LogP contribution in [0.5, 0.6) is 5.75 Å². The van der Waals surface area contributed by atoms with Crippen molar-refractivity contribution in [1.82, 2.24) is 5.32 Å². The van der Waals surface area contributed by atoms with E-state index in [-0.39, 0.29) is 30.1 Å². The SMILES string of the molecule is CCO[C@@H]1OC(C(=O)NCc2ccccc2)=C[C@H](c2ccc(OC)cc2)[C@@H]1CCCO. The quantitative estimate of drug-likeness (QED) is 0.606. The van der Waals surface area contributed by atoms with Gasteiger partial charge in [0.15, 0.2) is 5.76 Å². The monoisotopic (exact) mass is 425 g/mol. The Morgan fingerprint density at radius 1 is 1.13 bits per heavy atom. The molecule has 166 valence electrons. The molecule has 0 unspecified atom stereocenters. The van der Waals surface area contributed by atoms with Gasteiger partial charge in [-0.2, -0.15) is 0 Å². The van der Waals surface area contributed by atoms with Crippen molar-refractivity contribution in [3.05, 3.63) is 77.6 Å². The minimum Gasteiger partial charge on any atom is -0.497 e. The number of allylic oxidation sites excluding steroid dienone is 1. The molecule has 3 rings (SSSR count). The number of amides is 1. The van der Waals surface area contributed by atoms with E-state index in [9.17, 15) is 9.90 Å². The van der Waals surface area contributed by atoms with Crippen molar-refractivity contribution < 1.29 is 24.1 Å². The Hall–Kier alpha value is -2.83. The average molecular weight is 426 g/mol. The fraction of sp³-hybridized carbons (Fsp3) is 0.400. The van der Waals surface area contributed by atoms with Gasteiger partial charge in [-0.3, -0.25) is 4.79 Å². The molecule has 2 aromatic carbocycles. The molecule has 3 atom stereocenters. The van der Waals surface area contributed by atoms with Gasteiger partial charge in [0.05, 0.1) is 7.11 Å². The van der Waals surface area contributed by atoms with Crippen LogP contribution in [-0.2, 0) is 20.8 Å². The summed E-state index contributed by atoms with van der Waals surface area (Å²) in [6, 6.07) is 17.6. The largest absolute Gasteiger partial charge is 0.497 e. The van der Waals surface area contributed by atoms with Crippen molar-refractivity contribution in [2.45, 2.75) is 38.5 Å². The molecule has 2 N–H and O–H groups in total. The molecule has 6 nitrogen and oxygen atoms in total. The summed E-state index contributed by atoms with van der Waals surface area (Å²) < 4.78 is 17.2. The van der Waals surface area contributed by atoms with Gasteiger partial charge in [-0.05, 0) is 49.1 Å². The average Bonchev–Trinajstić information content (AvgIpc) is 2.82. The molecular formula is C25H31NO5. The van der Waals surface area contributed by atoms with Gasteiger partial charge < -0.3 is 24.6 Å². The van der Waals surface area contributed by atoms with E-state index in [1.54, 1.807) is 7.11 Å². The van der Waals surface area contributed by atoms with Gasteiger partial charge in [-0.15, -0.1) is 0 Å². The Labute approximate surface area is 183 Å². The van der Waals surface area contributed by atoms with E-state index in [0.717, 1.165) is 16.9 Å². The van der Waals surface area contributed by atoms with E-state index in [1.165, 1.54) is 0 Å². The summed E-state index contributed by atoms with van der Waals surface area (Å²) in [7, 11) is 1.63. The Morgan fingerprint density at radius 2 is 1.87 bits per heavy atom. The van der Waals surface area contributed by atoms with Crippen LogP contribution in [-0.4, -0.2) is 37.6 Å². The molecule has 1 aliphatic heterocycles. The Morgan fingerprint density at radius 3 is 2.52 bits per heavy atom. The lowest BCUT2D eigenvalue weighted by Gasteiger charge is -2.37. The molecule has 1 aliphatic rings. The molecule has 1 heterocycles. The maximum Gasteiger partial charge on any atom is 0.286 e. The summed E-state index contributed by atoms with van der Waals surface area (Å²) in [5.41, 5.74) is 2.06. The first-order valence-electron chi connectivity index (χ1n) is 10.7. The molecule has 0 saturated carbocycles. The van der Waals surface area contributed by atoms with E-state index in [2.05, 4.69) is 5.32 Å². The summed E-state index contributed by atoms with van der Waals surface area (Å²) in [6.45, 7) is 2.89. The first-order chi connectivity index (χ1) is 15.2. The number of hydrogen-bond acceptors (Lipinski definition) is 5. The fourth-order valence-electron chi connectivity index (χ4n) is 3.84. The summed E-state index contributed by atoms with van der Waals surface area (Å²) in [6.07, 6.45) is 2.66. The molecule has 0 spiro atoms. The zero-order chi connectivity index (χ0) is 22.1. The summed E-state index contributed by atoms with van der Waals surface area (Å²) in [4.78, 5) is 12.9. The number of aliphatic hydroxyl groups excluding tert-OH is 1. The third-order valence-electron chi connectivity index (χ3n) is 5.43. The van der Waals surface area contributed by atoms with Gasteiger partial charge in [0.25, 0.3) is 5.91 Å². The van der Waals surface area contributed by atoms with Crippen LogP contribution in [0, 0.1) is 5.92 Å². The van der Waals surface area contributed by atoms with Crippen LogP contribution in [0.2, 0.25) is 0 Å². The van der Waals surface area contributed by atoms with Gasteiger partial charge in [0.2, 0.25) is 6.29 Å². The highest BCUT2D eigenvalue weighted by Crippen LogP contribution is 2.39. The van der Waals surface area contributed by atoms with Crippen LogP contribution in [0.25, 0.3) is 0 Å². The molecule has 0 aromatic heterocycles. The van der Waals surface area contributed by atoms with Crippen LogP contribution >= 0.6 is 0 Å². The van der Waals surface area contributed by atoms with Crippen molar-refractivity contribution in [3.8, 4) is 5.75 Å². The lowest BCUT2D eigenvalue weighted by molar-refractivity contribution is -0.166. The van der Waals surface area contributed by atoms with Crippen LogP contribution < -0.4 is 10.1 Å². The number of methoxy groups -OCH3 is 1. The second-order valence-corrected chi connectivity index (χ2v) is 7.47. The smallest absolute Gasteiger partial charge is 0.286 e. The molecule has 0 fully saturated rings. The molecule has 31 heavy (non-hydrogen) atoms. The minimum atomic E-state index is -0.564. The topological polar surface area (TPSA) is 77.0 Å². The van der Waals surface area contributed by atoms with Crippen LogP contribution in [0.15, 0.2) is 66.4 Å². The van der Waals surface area contributed by atoms with Crippen molar-refractivity contribution >= 4 is 5.91 Å². The molecule has 0 bridgehead atoms. The molecule has 0 saturated heterocycles. The summed E-state index contributed by atoms with van der Waals surface area (Å²) in [5, 5.41) is 12.3. The van der Waals surface area contributed by atoms with Crippen molar-refractivity contribution in [2.24, 2.45) is 5.92 Å². The van der Waals surface area contributed by atoms with Crippen molar-refractivity contribution in [2.75, 3.05) is 20.3 Å². The maximum atomic E-state index is 12.9. The lowest BCUT2D eigenvalue weighted by atomic mass is 9.80. The summed E-state index contributed by atoms with van der Waals surface area (Å²) >= 11 is 0. The van der Waals surface area contributed by atoms with Gasteiger partial charge in [-0.25, -0.2) is 0 Å². The molecule has 2 aromatic rings. The summed E-state index contributed by atoms with van der Waals surface area (Å²) in [5.74, 6) is 0.656. The standard InChI is InChI=1S/C25H31NO5/c1-3-30-25-21(10-7-15-27)22(19-11-13-20(29-2)14-12-19)16-23(31-25)24(28)26-17-18-8-5-4-6-9-18/h4-6,8-9,11-14,16,21-22,25,27H,3,7,10,15,17H2,1-2H3,(H,26,28)/t21-,22+,25+/m0/s1. The number of carbonyl (C=O) groups excluding carboxylic acids is 1. The first-order valence-corrected chi connectivity index (χ1v) is 10.7. The van der Waals surface area contributed by atoms with E-state index < -0.39 is 6.29 Å². The number of ether oxygens (including phenoxy) is 3. The number of hydrogen-bond donors (Lipinski definition) is 2. The zero-order valence-corrected chi connectivity index (χ0v) is 18.1. The van der Waals surface area contributed by atoms with Gasteiger partial charge in [0, 0.05) is 31.6 Å². The van der Waals surface area contributed by atoms with E-state index in [1.807, 2.05) is 67.6 Å². The van der Waals surface area contributed by atoms with Gasteiger partial charge in [-0.1, -0.05) is 42.5 Å². The highest BCUT2D eigenvalue weighted by molar-refractivity contribution is 5.91. The highest BCUT2D eigenvalue weighted by Gasteiger charge is 2.37. The second kappa shape index (κ2) is 11.5. The molecule has 0 aliphatic carbocycles. The minimum absolute atomic E-state index is 0.0221. The number of carbonyl (C=O) groups is 1. The zero-order valence-electron chi connectivity index (χ0n) is 18.1. The third-order valence-corrected chi connectivity index (χ3v) is 5.43. The molecule has 6 heteroatoms. The van der Waals surface area contributed by atoms with Crippen molar-refractivity contribution in [3.63, 3.8) is 0 Å². The number of benzene rings is 2. The van der Waals surface area contributed by atoms with Gasteiger partial charge >= 0.3 is 0 Å². The Bertz CT molecular complexity index is 850. The number of nitrogens with one attached hydrogen (secondary N) is 1. The lowest BCUT2D eigenvalue weighted by Crippen LogP contribution is -2.39. The number of rotatable bonds is 10. The normalized spacial score (nSPS) is 20.5. The molecule has 0 radical (unpaired) electrons. The van der Waals surface area contributed by atoms with E-state index >= 15 is 0 Å². The predicted octanol–water partition coefficient (Wildman–Crippen LogP) is 3.76. The molecular weight excluding hydrogens is 394 g/mol. The number of aliphatic hydroxyl groups is 1.